The molecule has 0 unspecified atom stereocenters. The lowest BCUT2D eigenvalue weighted by molar-refractivity contribution is 0.0952. The molecule has 0 spiro atoms. The van der Waals surface area contributed by atoms with Gasteiger partial charge in [0.05, 0.1) is 3.57 Å². The summed E-state index contributed by atoms with van der Waals surface area (Å²) < 4.78 is 5.69. The van der Waals surface area contributed by atoms with Crippen LogP contribution in [-0.2, 0) is 4.74 Å². The number of phenolic OH excluding ortho intramolecular Hbond substituents is 1. The highest BCUT2D eigenvalue weighted by Gasteiger charge is 2.07. The summed E-state index contributed by atoms with van der Waals surface area (Å²) in [5.74, 6) is -0.00298. The monoisotopic (exact) mass is 363 g/mol. The number of methoxy groups -OCH3 is 1. The van der Waals surface area contributed by atoms with Crippen molar-refractivity contribution in [2.75, 3.05) is 20.3 Å². The summed E-state index contributed by atoms with van der Waals surface area (Å²) >= 11 is 2.02. The van der Waals surface area contributed by atoms with Crippen LogP contribution in [0.15, 0.2) is 18.2 Å². The second-order valence-corrected chi connectivity index (χ2v) is 5.14. The molecule has 0 aliphatic heterocycles. The van der Waals surface area contributed by atoms with Gasteiger partial charge in [-0.2, -0.15) is 0 Å². The Bertz CT molecular complexity index is 396. The van der Waals surface area contributed by atoms with Gasteiger partial charge in [-0.15, -0.1) is 0 Å². The fourth-order valence-electron chi connectivity index (χ4n) is 1.51. The van der Waals surface area contributed by atoms with Crippen LogP contribution in [0.5, 0.6) is 5.75 Å². The molecule has 1 rings (SSSR count). The molecular formula is C13H18INO3. The lowest BCUT2D eigenvalue weighted by Gasteiger charge is -2.06. The number of carbonyl (C=O) groups is 1. The number of nitrogens with one attached hydrogen (secondary N) is 1. The lowest BCUT2D eigenvalue weighted by atomic mass is 10.2. The number of carbonyl (C=O) groups excluding carboxylic acids is 1. The Kier molecular flexibility index (Phi) is 7.04. The smallest absolute Gasteiger partial charge is 0.251 e. The molecule has 1 amide bonds. The van der Waals surface area contributed by atoms with Gasteiger partial charge in [0.15, 0.2) is 0 Å². The molecule has 5 heteroatoms. The molecule has 0 aliphatic carbocycles. The van der Waals surface area contributed by atoms with Gasteiger partial charge in [0.25, 0.3) is 5.91 Å². The Morgan fingerprint density at radius 3 is 2.83 bits per heavy atom. The molecule has 18 heavy (non-hydrogen) atoms. The second kappa shape index (κ2) is 8.31. The molecule has 2 N–H and O–H groups in total. The molecule has 0 saturated carbocycles. The third kappa shape index (κ3) is 5.22. The fourth-order valence-corrected chi connectivity index (χ4v) is 1.84. The summed E-state index contributed by atoms with van der Waals surface area (Å²) in [6, 6.07) is 4.92. The zero-order valence-electron chi connectivity index (χ0n) is 10.4. The van der Waals surface area contributed by atoms with E-state index in [9.17, 15) is 9.90 Å². The molecule has 0 aromatic heterocycles. The van der Waals surface area contributed by atoms with E-state index in [-0.39, 0.29) is 11.7 Å². The first-order valence-electron chi connectivity index (χ1n) is 5.91. The highest BCUT2D eigenvalue weighted by Crippen LogP contribution is 2.20. The average Bonchev–Trinajstić information content (AvgIpc) is 2.36. The number of aromatic hydroxyl groups is 1. The predicted octanol–water partition coefficient (Wildman–Crippen LogP) is 2.54. The van der Waals surface area contributed by atoms with E-state index in [0.29, 0.717) is 12.1 Å². The van der Waals surface area contributed by atoms with Gasteiger partial charge in [-0.25, -0.2) is 0 Å². The SMILES string of the molecule is COCCCCCNC(=O)c1ccc(I)c(O)c1. The molecule has 0 heterocycles. The van der Waals surface area contributed by atoms with Crippen LogP contribution in [0, 0.1) is 3.57 Å². The van der Waals surface area contributed by atoms with Crippen LogP contribution >= 0.6 is 22.6 Å². The lowest BCUT2D eigenvalue weighted by Crippen LogP contribution is -2.24. The van der Waals surface area contributed by atoms with Crippen molar-refractivity contribution < 1.29 is 14.6 Å². The van der Waals surface area contributed by atoms with Gasteiger partial charge in [0.2, 0.25) is 0 Å². The van der Waals surface area contributed by atoms with Crippen molar-refractivity contribution in [2.45, 2.75) is 19.3 Å². The molecule has 0 bridgehead atoms. The van der Waals surface area contributed by atoms with Gasteiger partial charge in [0.1, 0.15) is 5.75 Å². The maximum absolute atomic E-state index is 11.7. The van der Waals surface area contributed by atoms with Crippen molar-refractivity contribution in [3.63, 3.8) is 0 Å². The first-order chi connectivity index (χ1) is 8.65. The number of hydrogen-bond acceptors (Lipinski definition) is 3. The Labute approximate surface area is 121 Å². The Morgan fingerprint density at radius 2 is 2.17 bits per heavy atom. The second-order valence-electron chi connectivity index (χ2n) is 3.98. The molecule has 0 atom stereocenters. The van der Waals surface area contributed by atoms with Crippen LogP contribution in [0.3, 0.4) is 0 Å². The normalized spacial score (nSPS) is 10.3. The molecule has 1 aromatic carbocycles. The van der Waals surface area contributed by atoms with Crippen molar-refractivity contribution in [1.82, 2.24) is 5.32 Å². The van der Waals surface area contributed by atoms with Gasteiger partial charge in [-0.3, -0.25) is 4.79 Å². The van der Waals surface area contributed by atoms with E-state index in [4.69, 9.17) is 4.74 Å². The Balaban J connectivity index is 2.30. The molecule has 0 radical (unpaired) electrons. The van der Waals surface area contributed by atoms with Crippen molar-refractivity contribution >= 4 is 28.5 Å². The largest absolute Gasteiger partial charge is 0.507 e. The van der Waals surface area contributed by atoms with E-state index in [1.165, 1.54) is 6.07 Å². The van der Waals surface area contributed by atoms with E-state index in [0.717, 1.165) is 29.4 Å². The standard InChI is InChI=1S/C13H18INO3/c1-18-8-4-2-3-7-15-13(17)10-5-6-11(14)12(16)9-10/h5-6,9,16H,2-4,7-8H2,1H3,(H,15,17). The molecule has 1 aromatic rings. The number of amides is 1. The molecule has 4 nitrogen and oxygen atoms in total. The van der Waals surface area contributed by atoms with Crippen LogP contribution in [0.4, 0.5) is 0 Å². The minimum atomic E-state index is -0.145. The average molecular weight is 363 g/mol. The van der Waals surface area contributed by atoms with Crippen LogP contribution in [-0.4, -0.2) is 31.3 Å². The van der Waals surface area contributed by atoms with Crippen LogP contribution in [0.25, 0.3) is 0 Å². The summed E-state index contributed by atoms with van der Waals surface area (Å²) in [7, 11) is 1.69. The Morgan fingerprint density at radius 1 is 1.39 bits per heavy atom. The van der Waals surface area contributed by atoms with Gasteiger partial charge in [-0.05, 0) is 60.1 Å². The van der Waals surface area contributed by atoms with Gasteiger partial charge < -0.3 is 15.2 Å². The number of phenols is 1. The summed E-state index contributed by atoms with van der Waals surface area (Å²) in [4.78, 5) is 11.7. The van der Waals surface area contributed by atoms with Crippen LogP contribution < -0.4 is 5.32 Å². The van der Waals surface area contributed by atoms with Crippen molar-refractivity contribution in [2.24, 2.45) is 0 Å². The number of halogens is 1. The highest BCUT2D eigenvalue weighted by atomic mass is 127. The minimum absolute atomic E-state index is 0.142. The molecule has 100 valence electrons. The number of hydrogen-bond donors (Lipinski definition) is 2. The maximum atomic E-state index is 11.7. The third-order valence-electron chi connectivity index (χ3n) is 2.52. The maximum Gasteiger partial charge on any atom is 0.251 e. The molecular weight excluding hydrogens is 345 g/mol. The summed E-state index contributed by atoms with van der Waals surface area (Å²) in [6.07, 6.45) is 2.98. The fraction of sp³-hybridized carbons (Fsp3) is 0.462. The first kappa shape index (κ1) is 15.2. The zero-order valence-corrected chi connectivity index (χ0v) is 12.6. The summed E-state index contributed by atoms with van der Waals surface area (Å²) in [6.45, 7) is 1.41. The highest BCUT2D eigenvalue weighted by molar-refractivity contribution is 14.1. The Hall–Kier alpha value is -0.820. The number of ether oxygens (including phenoxy) is 1. The number of unbranched alkanes of at least 4 members (excludes halogenated alkanes) is 2. The quantitative estimate of drug-likeness (QED) is 0.578. The van der Waals surface area contributed by atoms with E-state index >= 15 is 0 Å². The summed E-state index contributed by atoms with van der Waals surface area (Å²) in [5.41, 5.74) is 0.491. The number of benzene rings is 1. The molecule has 0 saturated heterocycles. The molecule has 0 aliphatic rings. The van der Waals surface area contributed by atoms with Crippen molar-refractivity contribution in [3.8, 4) is 5.75 Å². The van der Waals surface area contributed by atoms with Crippen LogP contribution in [0.1, 0.15) is 29.6 Å². The topological polar surface area (TPSA) is 58.6 Å². The van der Waals surface area contributed by atoms with Gasteiger partial charge in [-0.1, -0.05) is 0 Å². The minimum Gasteiger partial charge on any atom is -0.507 e. The van der Waals surface area contributed by atoms with E-state index in [1.54, 1.807) is 19.2 Å². The van der Waals surface area contributed by atoms with Crippen molar-refractivity contribution in [3.05, 3.63) is 27.3 Å². The third-order valence-corrected chi connectivity index (χ3v) is 3.43. The first-order valence-corrected chi connectivity index (χ1v) is 6.98. The van der Waals surface area contributed by atoms with Gasteiger partial charge in [0, 0.05) is 25.8 Å². The predicted molar refractivity (Wildman–Crippen MR) is 78.9 cm³/mol. The van der Waals surface area contributed by atoms with E-state index < -0.39 is 0 Å². The van der Waals surface area contributed by atoms with E-state index in [1.807, 2.05) is 22.6 Å². The van der Waals surface area contributed by atoms with Gasteiger partial charge >= 0.3 is 0 Å². The van der Waals surface area contributed by atoms with E-state index in [2.05, 4.69) is 5.32 Å². The molecule has 0 fully saturated rings. The number of rotatable bonds is 7. The van der Waals surface area contributed by atoms with Crippen molar-refractivity contribution in [1.29, 1.82) is 0 Å². The summed E-state index contributed by atoms with van der Waals surface area (Å²) in [5, 5.41) is 12.3. The van der Waals surface area contributed by atoms with Crippen LogP contribution in [0.2, 0.25) is 0 Å². The zero-order chi connectivity index (χ0) is 13.4.